The summed E-state index contributed by atoms with van der Waals surface area (Å²) in [5, 5.41) is 2.64. The van der Waals surface area contributed by atoms with Crippen molar-refractivity contribution in [1.82, 2.24) is 0 Å². The lowest BCUT2D eigenvalue weighted by atomic mass is 9.94. The first-order valence-corrected chi connectivity index (χ1v) is 7.45. The lowest BCUT2D eigenvalue weighted by molar-refractivity contribution is 1.15. The quantitative estimate of drug-likeness (QED) is 0.524. The molecule has 0 fully saturated rings. The SMILES string of the molecule is CC.CCc1cc2ccccc2cc1-c1ccccc1. The molecule has 0 nitrogen and oxygen atoms in total. The molecular weight excluding hydrogens is 240 g/mol. The van der Waals surface area contributed by atoms with Gasteiger partial charge in [0.25, 0.3) is 0 Å². The van der Waals surface area contributed by atoms with Gasteiger partial charge in [-0.2, -0.15) is 0 Å². The summed E-state index contributed by atoms with van der Waals surface area (Å²) < 4.78 is 0. The number of benzene rings is 3. The van der Waals surface area contributed by atoms with Crippen LogP contribution in [0.1, 0.15) is 26.3 Å². The minimum Gasteiger partial charge on any atom is -0.0683 e. The normalized spacial score (nSPS) is 9.95. The maximum absolute atomic E-state index is 2.32. The van der Waals surface area contributed by atoms with E-state index >= 15 is 0 Å². The summed E-state index contributed by atoms with van der Waals surface area (Å²) in [5.74, 6) is 0. The summed E-state index contributed by atoms with van der Waals surface area (Å²) in [6, 6.07) is 23.8. The minimum absolute atomic E-state index is 1.06. The minimum atomic E-state index is 1.06. The third-order valence-electron chi connectivity index (χ3n) is 3.44. The maximum Gasteiger partial charge on any atom is -0.0146 e. The zero-order valence-electron chi connectivity index (χ0n) is 12.6. The van der Waals surface area contributed by atoms with Crippen LogP contribution in [0.2, 0.25) is 0 Å². The van der Waals surface area contributed by atoms with Crippen molar-refractivity contribution in [3.8, 4) is 11.1 Å². The summed E-state index contributed by atoms with van der Waals surface area (Å²) in [5.41, 5.74) is 4.08. The van der Waals surface area contributed by atoms with Gasteiger partial charge in [-0.05, 0) is 39.9 Å². The van der Waals surface area contributed by atoms with Crippen LogP contribution in [-0.4, -0.2) is 0 Å². The number of hydrogen-bond acceptors (Lipinski definition) is 0. The molecule has 102 valence electrons. The van der Waals surface area contributed by atoms with Gasteiger partial charge in [-0.15, -0.1) is 0 Å². The van der Waals surface area contributed by atoms with Crippen molar-refractivity contribution < 1.29 is 0 Å². The Labute approximate surface area is 122 Å². The molecule has 20 heavy (non-hydrogen) atoms. The zero-order chi connectivity index (χ0) is 14.4. The van der Waals surface area contributed by atoms with E-state index in [0.29, 0.717) is 0 Å². The number of fused-ring (bicyclic) bond motifs is 1. The van der Waals surface area contributed by atoms with E-state index < -0.39 is 0 Å². The molecule has 0 unspecified atom stereocenters. The molecule has 0 spiro atoms. The second-order valence-corrected chi connectivity index (χ2v) is 4.58. The average Bonchev–Trinajstić information content (AvgIpc) is 2.56. The van der Waals surface area contributed by atoms with Gasteiger partial charge in [0.05, 0.1) is 0 Å². The van der Waals surface area contributed by atoms with Gasteiger partial charge in [-0.25, -0.2) is 0 Å². The highest BCUT2D eigenvalue weighted by Crippen LogP contribution is 2.29. The summed E-state index contributed by atoms with van der Waals surface area (Å²) in [6.07, 6.45) is 1.06. The maximum atomic E-state index is 2.32. The van der Waals surface area contributed by atoms with Crippen LogP contribution in [0.3, 0.4) is 0 Å². The van der Waals surface area contributed by atoms with Crippen LogP contribution >= 0.6 is 0 Å². The molecule has 0 bridgehead atoms. The van der Waals surface area contributed by atoms with Crippen molar-refractivity contribution in [2.75, 3.05) is 0 Å². The van der Waals surface area contributed by atoms with E-state index in [1.165, 1.54) is 27.5 Å². The van der Waals surface area contributed by atoms with E-state index in [0.717, 1.165) is 6.42 Å². The molecule has 0 aliphatic rings. The number of rotatable bonds is 2. The van der Waals surface area contributed by atoms with Gasteiger partial charge in [0.15, 0.2) is 0 Å². The Hall–Kier alpha value is -2.08. The molecule has 0 heterocycles. The van der Waals surface area contributed by atoms with E-state index in [1.54, 1.807) is 0 Å². The largest absolute Gasteiger partial charge is 0.0683 e. The van der Waals surface area contributed by atoms with E-state index in [2.05, 4.69) is 73.7 Å². The first-order valence-electron chi connectivity index (χ1n) is 7.45. The molecule has 0 amide bonds. The second-order valence-electron chi connectivity index (χ2n) is 4.58. The van der Waals surface area contributed by atoms with Gasteiger partial charge in [0.1, 0.15) is 0 Å². The van der Waals surface area contributed by atoms with E-state index in [-0.39, 0.29) is 0 Å². The van der Waals surface area contributed by atoms with Gasteiger partial charge in [0.2, 0.25) is 0 Å². The monoisotopic (exact) mass is 262 g/mol. The Balaban J connectivity index is 0.000000704. The molecular formula is C20H22. The molecule has 0 N–H and O–H groups in total. The topological polar surface area (TPSA) is 0 Å². The van der Waals surface area contributed by atoms with Gasteiger partial charge in [0, 0.05) is 0 Å². The Morgan fingerprint density at radius 3 is 1.85 bits per heavy atom. The van der Waals surface area contributed by atoms with Crippen molar-refractivity contribution >= 4 is 10.8 Å². The van der Waals surface area contributed by atoms with Crippen molar-refractivity contribution in [2.24, 2.45) is 0 Å². The van der Waals surface area contributed by atoms with Crippen molar-refractivity contribution in [1.29, 1.82) is 0 Å². The lowest BCUT2D eigenvalue weighted by Gasteiger charge is -2.10. The summed E-state index contributed by atoms with van der Waals surface area (Å²) in [7, 11) is 0. The average molecular weight is 262 g/mol. The Morgan fingerprint density at radius 2 is 1.25 bits per heavy atom. The van der Waals surface area contributed by atoms with E-state index in [9.17, 15) is 0 Å². The van der Waals surface area contributed by atoms with Crippen LogP contribution in [-0.2, 0) is 6.42 Å². The highest BCUT2D eigenvalue weighted by Gasteiger charge is 2.05. The van der Waals surface area contributed by atoms with Crippen LogP contribution in [0, 0.1) is 0 Å². The van der Waals surface area contributed by atoms with E-state index in [1.807, 2.05) is 13.8 Å². The van der Waals surface area contributed by atoms with E-state index in [4.69, 9.17) is 0 Å². The van der Waals surface area contributed by atoms with Crippen molar-refractivity contribution in [3.63, 3.8) is 0 Å². The highest BCUT2D eigenvalue weighted by molar-refractivity contribution is 5.89. The molecule has 3 rings (SSSR count). The number of hydrogen-bond donors (Lipinski definition) is 0. The van der Waals surface area contributed by atoms with Crippen LogP contribution in [0.4, 0.5) is 0 Å². The molecule has 0 saturated heterocycles. The molecule has 0 aromatic heterocycles. The van der Waals surface area contributed by atoms with Gasteiger partial charge < -0.3 is 0 Å². The van der Waals surface area contributed by atoms with Crippen LogP contribution < -0.4 is 0 Å². The predicted octanol–water partition coefficient (Wildman–Crippen LogP) is 6.10. The smallest absolute Gasteiger partial charge is 0.0146 e. The lowest BCUT2D eigenvalue weighted by Crippen LogP contribution is -1.88. The van der Waals surface area contributed by atoms with Crippen LogP contribution in [0.5, 0.6) is 0 Å². The summed E-state index contributed by atoms with van der Waals surface area (Å²) in [4.78, 5) is 0. The summed E-state index contributed by atoms with van der Waals surface area (Å²) >= 11 is 0. The Kier molecular flexibility index (Phi) is 4.95. The molecule has 0 saturated carbocycles. The Bertz CT molecular complexity index is 666. The number of aryl methyl sites for hydroxylation is 1. The molecule has 3 aromatic rings. The molecule has 0 heteroatoms. The van der Waals surface area contributed by atoms with Gasteiger partial charge >= 0.3 is 0 Å². The third-order valence-corrected chi connectivity index (χ3v) is 3.44. The van der Waals surface area contributed by atoms with Gasteiger partial charge in [-0.3, -0.25) is 0 Å². The Morgan fingerprint density at radius 1 is 0.700 bits per heavy atom. The predicted molar refractivity (Wildman–Crippen MR) is 90.1 cm³/mol. The summed E-state index contributed by atoms with van der Waals surface area (Å²) in [6.45, 7) is 6.22. The fourth-order valence-corrected chi connectivity index (χ4v) is 2.47. The first kappa shape index (κ1) is 14.3. The van der Waals surface area contributed by atoms with Crippen LogP contribution in [0.25, 0.3) is 21.9 Å². The standard InChI is InChI=1S/C18H16.C2H6/c1-2-14-12-16-10-6-7-11-17(16)13-18(14)15-8-4-3-5-9-15;1-2/h3-13H,2H2,1H3;1-2H3. The van der Waals surface area contributed by atoms with Gasteiger partial charge in [-0.1, -0.05) is 81.4 Å². The fraction of sp³-hybridized carbons (Fsp3) is 0.200. The van der Waals surface area contributed by atoms with Crippen molar-refractivity contribution in [3.05, 3.63) is 72.3 Å². The van der Waals surface area contributed by atoms with Crippen molar-refractivity contribution in [2.45, 2.75) is 27.2 Å². The second kappa shape index (κ2) is 6.91. The third kappa shape index (κ3) is 2.91. The molecule has 0 aliphatic carbocycles. The highest BCUT2D eigenvalue weighted by atomic mass is 14.1. The fourth-order valence-electron chi connectivity index (χ4n) is 2.47. The first-order chi connectivity index (χ1) is 9.88. The molecule has 0 atom stereocenters. The zero-order valence-corrected chi connectivity index (χ0v) is 12.6. The van der Waals surface area contributed by atoms with Crippen LogP contribution in [0.15, 0.2) is 66.7 Å². The molecule has 0 radical (unpaired) electrons. The molecule has 0 aliphatic heterocycles. The molecule has 3 aromatic carbocycles.